The third-order valence-corrected chi connectivity index (χ3v) is 4.82. The molecular weight excluding hydrogens is 402 g/mol. The maximum Gasteiger partial charge on any atom is 0.326 e. The number of thiol groups is 1. The molecule has 12 heteroatoms. The van der Waals surface area contributed by atoms with Gasteiger partial charge in [0.25, 0.3) is 0 Å². The summed E-state index contributed by atoms with van der Waals surface area (Å²) in [4.78, 5) is 59.5. The molecule has 0 spiro atoms. The van der Waals surface area contributed by atoms with Crippen molar-refractivity contribution in [2.24, 2.45) is 11.7 Å². The molecular formula is C17H29N5O6S. The van der Waals surface area contributed by atoms with Crippen LogP contribution in [0.3, 0.4) is 0 Å². The topological polar surface area (TPSA) is 180 Å². The first kappa shape index (κ1) is 24.7. The second-order valence-corrected chi connectivity index (χ2v) is 7.56. The number of amides is 4. The molecule has 0 aromatic rings. The number of nitrogens with one attached hydrogen (secondary N) is 4. The summed E-state index contributed by atoms with van der Waals surface area (Å²) < 4.78 is 0. The van der Waals surface area contributed by atoms with Crippen LogP contribution in [0, 0.1) is 5.92 Å². The Morgan fingerprint density at radius 2 is 1.72 bits per heavy atom. The van der Waals surface area contributed by atoms with Crippen LogP contribution in [0.5, 0.6) is 0 Å². The number of carboxylic acid groups (broad SMARTS) is 1. The van der Waals surface area contributed by atoms with Crippen molar-refractivity contribution in [1.29, 1.82) is 0 Å². The fourth-order valence-electron chi connectivity index (χ4n) is 2.83. The molecule has 1 fully saturated rings. The zero-order valence-corrected chi connectivity index (χ0v) is 17.3. The highest BCUT2D eigenvalue weighted by Gasteiger charge is 2.32. The fourth-order valence-corrected chi connectivity index (χ4v) is 3.08. The van der Waals surface area contributed by atoms with E-state index in [0.29, 0.717) is 6.42 Å². The Bertz CT molecular complexity index is 638. The molecule has 1 heterocycles. The highest BCUT2D eigenvalue weighted by Crippen LogP contribution is 2.08. The summed E-state index contributed by atoms with van der Waals surface area (Å²) in [6.45, 7) is 4.22. The Hall–Kier alpha value is -2.34. The summed E-state index contributed by atoms with van der Waals surface area (Å²) in [6.07, 6.45) is 0.957. The Balaban J connectivity index is 2.76. The van der Waals surface area contributed by atoms with Gasteiger partial charge in [-0.25, -0.2) is 4.79 Å². The largest absolute Gasteiger partial charge is 0.480 e. The van der Waals surface area contributed by atoms with Gasteiger partial charge >= 0.3 is 5.97 Å². The van der Waals surface area contributed by atoms with Gasteiger partial charge in [-0.05, 0) is 25.3 Å². The molecule has 4 amide bonds. The lowest BCUT2D eigenvalue weighted by molar-refractivity contribution is -0.143. The van der Waals surface area contributed by atoms with Gasteiger partial charge < -0.3 is 32.1 Å². The van der Waals surface area contributed by atoms with Crippen molar-refractivity contribution in [3.05, 3.63) is 0 Å². The monoisotopic (exact) mass is 431 g/mol. The second-order valence-electron chi connectivity index (χ2n) is 7.19. The predicted molar refractivity (Wildman–Crippen MR) is 107 cm³/mol. The normalized spacial score (nSPS) is 19.1. The van der Waals surface area contributed by atoms with Crippen molar-refractivity contribution in [3.8, 4) is 0 Å². The van der Waals surface area contributed by atoms with E-state index in [1.165, 1.54) is 0 Å². The van der Waals surface area contributed by atoms with Crippen LogP contribution >= 0.6 is 12.6 Å². The standard InChI is InChI=1S/C17H29N5O6S/c1-8(2)13(22-14(24)9-4-3-5-19-9)16(26)21-11(7-29)15(25)20-10(17(27)28)6-12(18)23/h8-11,13,19,29H,3-7H2,1-2H3,(H2,18,23)(H,20,25)(H,21,26)(H,22,24)(H,27,28). The SMILES string of the molecule is CC(C)C(NC(=O)C1CCCN1)C(=O)NC(CS)C(=O)NC(CC(N)=O)C(=O)O. The molecule has 0 radical (unpaired) electrons. The molecule has 0 aliphatic carbocycles. The summed E-state index contributed by atoms with van der Waals surface area (Å²) in [5.74, 6) is -4.43. The predicted octanol–water partition coefficient (Wildman–Crippen LogP) is -2.26. The quantitative estimate of drug-likeness (QED) is 0.180. The molecule has 0 saturated carbocycles. The minimum atomic E-state index is -1.52. The van der Waals surface area contributed by atoms with E-state index in [1.807, 2.05) is 0 Å². The smallest absolute Gasteiger partial charge is 0.326 e. The van der Waals surface area contributed by atoms with E-state index in [9.17, 15) is 24.0 Å². The molecule has 1 saturated heterocycles. The fraction of sp³-hybridized carbons (Fsp3) is 0.706. The first-order valence-corrected chi connectivity index (χ1v) is 9.96. The van der Waals surface area contributed by atoms with Crippen LogP contribution in [-0.2, 0) is 24.0 Å². The third-order valence-electron chi connectivity index (χ3n) is 4.46. The summed E-state index contributed by atoms with van der Waals surface area (Å²) in [6, 6.07) is -3.93. The van der Waals surface area contributed by atoms with Crippen LogP contribution in [0.25, 0.3) is 0 Å². The molecule has 0 aromatic carbocycles. The second kappa shape index (κ2) is 11.6. The van der Waals surface area contributed by atoms with E-state index in [4.69, 9.17) is 10.8 Å². The zero-order valence-electron chi connectivity index (χ0n) is 16.4. The van der Waals surface area contributed by atoms with E-state index in [1.54, 1.807) is 13.8 Å². The Morgan fingerprint density at radius 3 is 2.17 bits per heavy atom. The highest BCUT2D eigenvalue weighted by atomic mass is 32.1. The van der Waals surface area contributed by atoms with E-state index >= 15 is 0 Å². The first-order chi connectivity index (χ1) is 13.6. The molecule has 4 atom stereocenters. The summed E-state index contributed by atoms with van der Waals surface area (Å²) in [5.41, 5.74) is 4.98. The summed E-state index contributed by atoms with van der Waals surface area (Å²) in [7, 11) is 0. The molecule has 29 heavy (non-hydrogen) atoms. The van der Waals surface area contributed by atoms with Gasteiger partial charge in [0.05, 0.1) is 12.5 Å². The average Bonchev–Trinajstić information content (AvgIpc) is 3.17. The number of aliphatic carboxylic acids is 1. The third kappa shape index (κ3) is 7.89. The number of nitrogens with two attached hydrogens (primary N) is 1. The molecule has 1 rings (SSSR count). The average molecular weight is 432 g/mol. The summed E-state index contributed by atoms with van der Waals surface area (Å²) >= 11 is 4.02. The van der Waals surface area contributed by atoms with Crippen LogP contribution < -0.4 is 27.0 Å². The van der Waals surface area contributed by atoms with Crippen LogP contribution in [0.1, 0.15) is 33.1 Å². The van der Waals surface area contributed by atoms with E-state index in [0.717, 1.165) is 13.0 Å². The number of hydrogen-bond acceptors (Lipinski definition) is 7. The number of carbonyl (C=O) groups is 5. The van der Waals surface area contributed by atoms with Crippen molar-refractivity contribution in [2.75, 3.05) is 12.3 Å². The van der Waals surface area contributed by atoms with Crippen LogP contribution in [0.2, 0.25) is 0 Å². The Labute approximate surface area is 174 Å². The molecule has 0 bridgehead atoms. The molecule has 164 valence electrons. The lowest BCUT2D eigenvalue weighted by Crippen LogP contribution is -2.59. The first-order valence-electron chi connectivity index (χ1n) is 9.33. The van der Waals surface area contributed by atoms with Gasteiger partial charge in [0.15, 0.2) is 0 Å². The van der Waals surface area contributed by atoms with Crippen LogP contribution in [0.4, 0.5) is 0 Å². The molecule has 7 N–H and O–H groups in total. The minimum absolute atomic E-state index is 0.122. The van der Waals surface area contributed by atoms with Gasteiger partial charge in [0, 0.05) is 5.75 Å². The van der Waals surface area contributed by atoms with Gasteiger partial charge in [0.2, 0.25) is 23.6 Å². The van der Waals surface area contributed by atoms with Crippen LogP contribution in [-0.4, -0.2) is 71.2 Å². The van der Waals surface area contributed by atoms with Crippen molar-refractivity contribution >= 4 is 42.2 Å². The van der Waals surface area contributed by atoms with Crippen LogP contribution in [0.15, 0.2) is 0 Å². The Kier molecular flexibility index (Phi) is 9.89. The van der Waals surface area contributed by atoms with Crippen molar-refractivity contribution < 1.29 is 29.1 Å². The zero-order chi connectivity index (χ0) is 22.1. The lowest BCUT2D eigenvalue weighted by Gasteiger charge is -2.26. The van der Waals surface area contributed by atoms with Gasteiger partial charge in [-0.2, -0.15) is 12.6 Å². The maximum atomic E-state index is 12.7. The van der Waals surface area contributed by atoms with Gasteiger partial charge in [-0.15, -0.1) is 0 Å². The van der Waals surface area contributed by atoms with Crippen molar-refractivity contribution in [1.82, 2.24) is 21.3 Å². The van der Waals surface area contributed by atoms with Gasteiger partial charge in [-0.1, -0.05) is 13.8 Å². The number of primary amides is 1. The van der Waals surface area contributed by atoms with Crippen molar-refractivity contribution in [2.45, 2.75) is 57.3 Å². The maximum absolute atomic E-state index is 12.7. The lowest BCUT2D eigenvalue weighted by atomic mass is 10.0. The highest BCUT2D eigenvalue weighted by molar-refractivity contribution is 7.80. The van der Waals surface area contributed by atoms with E-state index in [-0.39, 0.29) is 23.6 Å². The Morgan fingerprint density at radius 1 is 1.10 bits per heavy atom. The summed E-state index contributed by atoms with van der Waals surface area (Å²) in [5, 5.41) is 19.4. The molecule has 0 aromatic heterocycles. The minimum Gasteiger partial charge on any atom is -0.480 e. The number of carbonyl (C=O) groups excluding carboxylic acids is 4. The molecule has 11 nitrogen and oxygen atoms in total. The molecule has 4 unspecified atom stereocenters. The van der Waals surface area contributed by atoms with E-state index < -0.39 is 48.2 Å². The number of rotatable bonds is 11. The molecule has 1 aliphatic heterocycles. The van der Waals surface area contributed by atoms with Gasteiger partial charge in [-0.3, -0.25) is 19.2 Å². The van der Waals surface area contributed by atoms with Gasteiger partial charge in [0.1, 0.15) is 18.1 Å². The van der Waals surface area contributed by atoms with Crippen molar-refractivity contribution in [3.63, 3.8) is 0 Å². The number of carboxylic acids is 1. The number of hydrogen-bond donors (Lipinski definition) is 7. The van der Waals surface area contributed by atoms with E-state index in [2.05, 4.69) is 33.9 Å². The molecule has 1 aliphatic rings.